The molecule has 0 bridgehead atoms. The Morgan fingerprint density at radius 1 is 0.880 bits per heavy atom. The molecule has 2 aromatic carbocycles. The second-order valence-corrected chi connectivity index (χ2v) is 6.07. The molecule has 25 heavy (non-hydrogen) atoms. The first-order valence-corrected chi connectivity index (χ1v) is 7.94. The van der Waals surface area contributed by atoms with Gasteiger partial charge >= 0.3 is 0 Å². The lowest BCUT2D eigenvalue weighted by Gasteiger charge is -2.08. The van der Waals surface area contributed by atoms with Crippen LogP contribution in [0.2, 0.25) is 5.02 Å². The smallest absolute Gasteiger partial charge is 0.203 e. The van der Waals surface area contributed by atoms with Gasteiger partial charge in [-0.1, -0.05) is 23.4 Å². The number of thioether (sulfide) groups is 1. The van der Waals surface area contributed by atoms with Crippen LogP contribution in [0.5, 0.6) is 0 Å². The third-order valence-corrected chi connectivity index (χ3v) is 4.36. The van der Waals surface area contributed by atoms with Crippen LogP contribution >= 0.6 is 23.4 Å². The van der Waals surface area contributed by atoms with Crippen molar-refractivity contribution in [3.63, 3.8) is 0 Å². The summed E-state index contributed by atoms with van der Waals surface area (Å²) in [5.41, 5.74) is -0.443. The number of rotatable bonds is 4. The largest absolute Gasteiger partial charge is 0.214 e. The van der Waals surface area contributed by atoms with Gasteiger partial charge in [-0.2, -0.15) is 4.68 Å². The van der Waals surface area contributed by atoms with E-state index in [0.717, 1.165) is 0 Å². The number of aromatic nitrogens is 4. The normalized spacial score (nSPS) is 11.1. The lowest BCUT2D eigenvalue weighted by molar-refractivity contribution is 0.372. The number of hydrogen-bond donors (Lipinski definition) is 0. The van der Waals surface area contributed by atoms with Gasteiger partial charge in [0, 0.05) is 16.3 Å². The van der Waals surface area contributed by atoms with Crippen LogP contribution in [-0.2, 0) is 5.75 Å². The molecule has 0 atom stereocenters. The van der Waals surface area contributed by atoms with E-state index >= 15 is 0 Å². The molecule has 11 heteroatoms. The van der Waals surface area contributed by atoms with Crippen LogP contribution in [0.25, 0.3) is 5.69 Å². The highest BCUT2D eigenvalue weighted by Crippen LogP contribution is 2.29. The van der Waals surface area contributed by atoms with Gasteiger partial charge < -0.3 is 0 Å². The predicted octanol–water partition coefficient (Wildman–Crippen LogP) is 4.30. The molecule has 0 aliphatic carbocycles. The Morgan fingerprint density at radius 2 is 1.44 bits per heavy atom. The minimum atomic E-state index is -2.20. The Hall–Kier alpha value is -2.20. The van der Waals surface area contributed by atoms with E-state index < -0.39 is 40.4 Å². The topological polar surface area (TPSA) is 43.6 Å². The zero-order valence-corrected chi connectivity index (χ0v) is 13.6. The summed E-state index contributed by atoms with van der Waals surface area (Å²) in [6, 6.07) is 6.36. The van der Waals surface area contributed by atoms with E-state index in [9.17, 15) is 22.0 Å². The van der Waals surface area contributed by atoms with Gasteiger partial charge in [-0.15, -0.1) is 5.10 Å². The van der Waals surface area contributed by atoms with E-state index in [1.54, 1.807) is 24.3 Å². The molecule has 3 rings (SSSR count). The van der Waals surface area contributed by atoms with Gasteiger partial charge in [0.15, 0.2) is 23.3 Å². The number of hydrogen-bond acceptors (Lipinski definition) is 4. The molecule has 3 aromatic rings. The molecular formula is C14H6ClF5N4S. The molecule has 0 saturated carbocycles. The van der Waals surface area contributed by atoms with Gasteiger partial charge in [-0.3, -0.25) is 0 Å². The molecule has 0 unspecified atom stereocenters. The molecule has 4 nitrogen and oxygen atoms in total. The Morgan fingerprint density at radius 3 is 2.04 bits per heavy atom. The van der Waals surface area contributed by atoms with Crippen molar-refractivity contribution < 1.29 is 22.0 Å². The molecule has 0 aliphatic heterocycles. The number of benzene rings is 2. The Balaban J connectivity index is 1.89. The summed E-state index contributed by atoms with van der Waals surface area (Å²) in [7, 11) is 0. The highest BCUT2D eigenvalue weighted by atomic mass is 35.5. The van der Waals surface area contributed by atoms with Crippen molar-refractivity contribution in [1.82, 2.24) is 20.2 Å². The highest BCUT2D eigenvalue weighted by molar-refractivity contribution is 7.98. The molecular weight excluding hydrogens is 387 g/mol. The van der Waals surface area contributed by atoms with Crippen molar-refractivity contribution in [1.29, 1.82) is 0 Å². The average Bonchev–Trinajstić information content (AvgIpc) is 3.07. The lowest BCUT2D eigenvalue weighted by atomic mass is 10.2. The Bertz CT molecular complexity index is 903. The van der Waals surface area contributed by atoms with E-state index in [1.807, 2.05) is 0 Å². The average molecular weight is 393 g/mol. The molecule has 0 fully saturated rings. The van der Waals surface area contributed by atoms with E-state index in [4.69, 9.17) is 11.6 Å². The Kier molecular flexibility index (Phi) is 4.91. The summed E-state index contributed by atoms with van der Waals surface area (Å²) in [5, 5.41) is 11.4. The van der Waals surface area contributed by atoms with Gasteiger partial charge in [0.2, 0.25) is 11.0 Å². The van der Waals surface area contributed by atoms with Gasteiger partial charge in [0.1, 0.15) is 0 Å². The van der Waals surface area contributed by atoms with Crippen LogP contribution in [0.15, 0.2) is 29.4 Å². The summed E-state index contributed by atoms with van der Waals surface area (Å²) in [4.78, 5) is 0. The maximum absolute atomic E-state index is 13.7. The monoisotopic (exact) mass is 392 g/mol. The quantitative estimate of drug-likeness (QED) is 0.287. The number of tetrazole rings is 1. The maximum Gasteiger partial charge on any atom is 0.214 e. The summed E-state index contributed by atoms with van der Waals surface area (Å²) >= 11 is 6.50. The lowest BCUT2D eigenvalue weighted by Crippen LogP contribution is -2.06. The van der Waals surface area contributed by atoms with Crippen molar-refractivity contribution >= 4 is 23.4 Å². The van der Waals surface area contributed by atoms with Gasteiger partial charge in [-0.25, -0.2) is 22.0 Å². The molecule has 0 aliphatic rings. The second kappa shape index (κ2) is 6.96. The van der Waals surface area contributed by atoms with Gasteiger partial charge in [0.05, 0.1) is 5.69 Å². The fraction of sp³-hybridized carbons (Fsp3) is 0.0714. The summed E-state index contributed by atoms with van der Waals surface area (Å²) < 4.78 is 68.1. The fourth-order valence-electron chi connectivity index (χ4n) is 1.93. The molecule has 0 spiro atoms. The van der Waals surface area contributed by atoms with Crippen molar-refractivity contribution in [2.24, 2.45) is 0 Å². The first kappa shape index (κ1) is 17.6. The van der Waals surface area contributed by atoms with Crippen molar-refractivity contribution in [3.05, 3.63) is 63.9 Å². The van der Waals surface area contributed by atoms with Crippen molar-refractivity contribution in [2.75, 3.05) is 0 Å². The molecule has 0 saturated heterocycles. The van der Waals surface area contributed by atoms with Crippen molar-refractivity contribution in [3.8, 4) is 5.69 Å². The molecule has 130 valence electrons. The third kappa shape index (κ3) is 3.31. The number of nitrogens with zero attached hydrogens (tertiary/aromatic N) is 4. The van der Waals surface area contributed by atoms with Crippen molar-refractivity contribution in [2.45, 2.75) is 10.9 Å². The van der Waals surface area contributed by atoms with Crippen LogP contribution < -0.4 is 0 Å². The standard InChI is InChI=1S/C14H6ClF5N4S/c15-6-1-3-7(4-2-6)24-14(21-22-23-24)25-5-8-9(16)11(18)13(20)12(19)10(8)17/h1-4H,5H2. The zero-order chi connectivity index (χ0) is 18.1. The minimum Gasteiger partial charge on any atom is -0.203 e. The first-order valence-electron chi connectivity index (χ1n) is 6.57. The first-order chi connectivity index (χ1) is 11.9. The van der Waals surface area contributed by atoms with Gasteiger partial charge in [0.25, 0.3) is 0 Å². The SMILES string of the molecule is Fc1c(F)c(F)c(CSc2nnnn2-c2ccc(Cl)cc2)c(F)c1F. The van der Waals surface area contributed by atoms with Crippen LogP contribution in [0.4, 0.5) is 22.0 Å². The van der Waals surface area contributed by atoms with E-state index in [0.29, 0.717) is 22.5 Å². The number of halogens is 6. The van der Waals surface area contributed by atoms with E-state index in [-0.39, 0.29) is 5.16 Å². The zero-order valence-electron chi connectivity index (χ0n) is 12.0. The molecule has 1 aromatic heterocycles. The fourth-order valence-corrected chi connectivity index (χ4v) is 2.94. The molecule has 1 heterocycles. The van der Waals surface area contributed by atoms with Crippen LogP contribution in [0.3, 0.4) is 0 Å². The maximum atomic E-state index is 13.7. The highest BCUT2D eigenvalue weighted by Gasteiger charge is 2.26. The summed E-state index contributed by atoms with van der Waals surface area (Å²) in [6.45, 7) is 0. The molecule has 0 amide bonds. The molecule has 0 radical (unpaired) electrons. The van der Waals surface area contributed by atoms with E-state index in [1.165, 1.54) is 4.68 Å². The Labute approximate surface area is 146 Å². The van der Waals surface area contributed by atoms with E-state index in [2.05, 4.69) is 15.5 Å². The molecule has 0 N–H and O–H groups in total. The third-order valence-electron chi connectivity index (χ3n) is 3.16. The van der Waals surface area contributed by atoms with Crippen LogP contribution in [0, 0.1) is 29.1 Å². The van der Waals surface area contributed by atoms with Crippen LogP contribution in [0.1, 0.15) is 5.56 Å². The van der Waals surface area contributed by atoms with Gasteiger partial charge in [-0.05, 0) is 34.7 Å². The predicted molar refractivity (Wildman–Crippen MR) is 80.0 cm³/mol. The van der Waals surface area contributed by atoms with Crippen LogP contribution in [-0.4, -0.2) is 20.2 Å². The summed E-state index contributed by atoms with van der Waals surface area (Å²) in [6.07, 6.45) is 0. The summed E-state index contributed by atoms with van der Waals surface area (Å²) in [5.74, 6) is -10.5. The minimum absolute atomic E-state index is 0.103. The second-order valence-electron chi connectivity index (χ2n) is 4.69.